The van der Waals surface area contributed by atoms with Crippen molar-refractivity contribution in [1.29, 1.82) is 0 Å². The summed E-state index contributed by atoms with van der Waals surface area (Å²) in [6.07, 6.45) is 0.563. The van der Waals surface area contributed by atoms with Gasteiger partial charge in [-0.2, -0.15) is 0 Å². The Morgan fingerprint density at radius 3 is 2.59 bits per heavy atom. The summed E-state index contributed by atoms with van der Waals surface area (Å²) in [5.41, 5.74) is 3.21. The lowest BCUT2D eigenvalue weighted by Crippen LogP contribution is -2.44. The molecule has 0 spiro atoms. The van der Waals surface area contributed by atoms with Crippen molar-refractivity contribution in [2.24, 2.45) is 7.05 Å². The molecule has 1 fully saturated rings. The Labute approximate surface area is 155 Å². The molecule has 1 aliphatic heterocycles. The van der Waals surface area contributed by atoms with Crippen LogP contribution in [0.3, 0.4) is 0 Å². The van der Waals surface area contributed by atoms with Crippen molar-refractivity contribution in [3.05, 3.63) is 64.6 Å². The molecule has 2 amide bonds. The summed E-state index contributed by atoms with van der Waals surface area (Å²) in [7, 11) is 1.69. The number of nitrogens with zero attached hydrogens (tertiary/aromatic N) is 2. The van der Waals surface area contributed by atoms with Gasteiger partial charge in [-0.25, -0.2) is 4.79 Å². The third-order valence-corrected chi connectivity index (χ3v) is 4.95. The zero-order valence-electron chi connectivity index (χ0n) is 14.9. The first kappa shape index (κ1) is 17.1. The molecule has 0 saturated carbocycles. The number of anilines is 1. The minimum absolute atomic E-state index is 0.232. The van der Waals surface area contributed by atoms with Crippen LogP contribution in [0.2, 0.25) is 0 Å². The number of hydrogen-bond acceptors (Lipinski definition) is 4. The number of carbonyl (C=O) groups is 2. The monoisotopic (exact) mass is 364 g/mol. The van der Waals surface area contributed by atoms with Crippen LogP contribution in [0.4, 0.5) is 5.69 Å². The van der Waals surface area contributed by atoms with E-state index in [4.69, 9.17) is 0 Å². The van der Waals surface area contributed by atoms with Crippen LogP contribution < -0.4 is 16.3 Å². The van der Waals surface area contributed by atoms with E-state index in [-0.39, 0.29) is 18.0 Å². The Morgan fingerprint density at radius 2 is 1.85 bits per heavy atom. The molecule has 0 bridgehead atoms. The second kappa shape index (κ2) is 6.75. The van der Waals surface area contributed by atoms with Crippen molar-refractivity contribution in [2.45, 2.75) is 25.4 Å². The van der Waals surface area contributed by atoms with Crippen LogP contribution in [0.5, 0.6) is 0 Å². The van der Waals surface area contributed by atoms with E-state index >= 15 is 0 Å². The average molecular weight is 364 g/mol. The van der Waals surface area contributed by atoms with Crippen LogP contribution in [0.15, 0.2) is 53.3 Å². The second-order valence-electron chi connectivity index (χ2n) is 6.72. The molecule has 2 N–H and O–H groups in total. The molecule has 0 aliphatic carbocycles. The summed E-state index contributed by atoms with van der Waals surface area (Å²) >= 11 is 0. The van der Waals surface area contributed by atoms with Crippen LogP contribution in [0, 0.1) is 0 Å². The van der Waals surface area contributed by atoms with Crippen LogP contribution in [0.1, 0.15) is 24.4 Å². The highest BCUT2D eigenvalue weighted by molar-refractivity contribution is 6.00. The van der Waals surface area contributed by atoms with Gasteiger partial charge in [-0.3, -0.25) is 24.0 Å². The first-order valence-electron chi connectivity index (χ1n) is 8.87. The van der Waals surface area contributed by atoms with E-state index in [0.717, 1.165) is 16.8 Å². The van der Waals surface area contributed by atoms with E-state index in [1.54, 1.807) is 7.05 Å². The number of imide groups is 1. The van der Waals surface area contributed by atoms with E-state index < -0.39 is 11.9 Å². The minimum Gasteiger partial charge on any atom is -0.381 e. The number of carbonyl (C=O) groups excluding carboxylic acids is 2. The molecular weight excluding hydrogens is 344 g/mol. The molecule has 27 heavy (non-hydrogen) atoms. The van der Waals surface area contributed by atoms with Crippen LogP contribution in [-0.4, -0.2) is 20.9 Å². The quantitative estimate of drug-likeness (QED) is 0.693. The van der Waals surface area contributed by atoms with Crippen molar-refractivity contribution in [2.75, 3.05) is 5.32 Å². The number of aryl methyl sites for hydroxylation is 1. The smallest absolute Gasteiger partial charge is 0.329 e. The number of hydrogen-bond donors (Lipinski definition) is 2. The zero-order chi connectivity index (χ0) is 19.0. The topological polar surface area (TPSA) is 85.1 Å². The lowest BCUT2D eigenvalue weighted by molar-refractivity contribution is -0.135. The maximum absolute atomic E-state index is 12.7. The molecule has 3 aromatic rings. The highest BCUT2D eigenvalue weighted by Crippen LogP contribution is 2.25. The van der Waals surface area contributed by atoms with E-state index in [1.165, 1.54) is 9.13 Å². The molecule has 138 valence electrons. The van der Waals surface area contributed by atoms with Gasteiger partial charge < -0.3 is 5.32 Å². The average Bonchev–Trinajstić information content (AvgIpc) is 2.92. The Hall–Kier alpha value is -3.35. The Balaban J connectivity index is 1.67. The zero-order valence-corrected chi connectivity index (χ0v) is 14.9. The van der Waals surface area contributed by atoms with Gasteiger partial charge in [-0.05, 0) is 30.2 Å². The number of piperidine rings is 1. The lowest BCUT2D eigenvalue weighted by atomic mass is 10.1. The first-order valence-corrected chi connectivity index (χ1v) is 8.87. The number of imidazole rings is 1. The van der Waals surface area contributed by atoms with Crippen molar-refractivity contribution in [3.63, 3.8) is 0 Å². The van der Waals surface area contributed by atoms with Gasteiger partial charge in [0, 0.05) is 25.7 Å². The molecule has 1 saturated heterocycles. The highest BCUT2D eigenvalue weighted by atomic mass is 16.2. The molecule has 1 aromatic heterocycles. The number of fused-ring (bicyclic) bond motifs is 1. The summed E-state index contributed by atoms with van der Waals surface area (Å²) < 4.78 is 3.02. The molecule has 4 rings (SSSR count). The van der Waals surface area contributed by atoms with Gasteiger partial charge in [0.15, 0.2) is 0 Å². The molecule has 2 heterocycles. The molecule has 0 radical (unpaired) electrons. The summed E-state index contributed by atoms with van der Waals surface area (Å²) in [4.78, 5) is 36.4. The van der Waals surface area contributed by atoms with E-state index in [2.05, 4.69) is 10.6 Å². The predicted molar refractivity (Wildman–Crippen MR) is 102 cm³/mol. The van der Waals surface area contributed by atoms with Crippen molar-refractivity contribution in [1.82, 2.24) is 14.5 Å². The highest BCUT2D eigenvalue weighted by Gasteiger charge is 2.31. The fraction of sp³-hybridized carbons (Fsp3) is 0.250. The molecule has 1 atom stereocenters. The maximum Gasteiger partial charge on any atom is 0.329 e. The van der Waals surface area contributed by atoms with Gasteiger partial charge in [0.2, 0.25) is 11.8 Å². The molecular formula is C20H20N4O3. The maximum atomic E-state index is 12.7. The molecule has 7 heteroatoms. The predicted octanol–water partition coefficient (Wildman–Crippen LogP) is 1.93. The summed E-state index contributed by atoms with van der Waals surface area (Å²) in [5, 5.41) is 5.67. The molecule has 1 unspecified atom stereocenters. The largest absolute Gasteiger partial charge is 0.381 e. The van der Waals surface area contributed by atoms with Gasteiger partial charge in [0.05, 0.1) is 11.0 Å². The number of rotatable bonds is 4. The number of benzene rings is 2. The normalized spacial score (nSPS) is 17.1. The first-order chi connectivity index (χ1) is 13.0. The van der Waals surface area contributed by atoms with Crippen LogP contribution >= 0.6 is 0 Å². The van der Waals surface area contributed by atoms with Crippen molar-refractivity contribution < 1.29 is 9.59 Å². The van der Waals surface area contributed by atoms with Crippen LogP contribution in [-0.2, 0) is 23.2 Å². The number of amides is 2. The Kier molecular flexibility index (Phi) is 4.27. The van der Waals surface area contributed by atoms with E-state index in [9.17, 15) is 14.4 Å². The van der Waals surface area contributed by atoms with Crippen molar-refractivity contribution in [3.8, 4) is 0 Å². The number of aromatic nitrogens is 2. The Bertz CT molecular complexity index is 1080. The summed E-state index contributed by atoms with van der Waals surface area (Å²) in [6, 6.07) is 15.0. The minimum atomic E-state index is -0.665. The van der Waals surface area contributed by atoms with Gasteiger partial charge in [0.25, 0.3) is 0 Å². The van der Waals surface area contributed by atoms with Crippen molar-refractivity contribution >= 4 is 28.5 Å². The van der Waals surface area contributed by atoms with E-state index in [0.29, 0.717) is 18.5 Å². The third-order valence-electron chi connectivity index (χ3n) is 4.95. The summed E-state index contributed by atoms with van der Waals surface area (Å²) in [5.74, 6) is -0.718. The van der Waals surface area contributed by atoms with Gasteiger partial charge >= 0.3 is 5.69 Å². The molecule has 1 aliphatic rings. The number of nitrogens with one attached hydrogen (secondary N) is 2. The third kappa shape index (κ3) is 3.12. The fourth-order valence-electron chi connectivity index (χ4n) is 3.50. The molecule has 7 nitrogen and oxygen atoms in total. The standard InChI is InChI=1S/C20H20N4O3/c1-23-17-11-14(21-12-13-5-3-2-4-6-13)7-8-15(17)24(20(23)27)16-9-10-18(25)22-19(16)26/h2-8,11,16,21H,9-10,12H2,1H3,(H,22,25,26). The fourth-order valence-corrected chi connectivity index (χ4v) is 3.50. The SMILES string of the molecule is Cn1c(=O)n(C2CCC(=O)NC2=O)c2ccc(NCc3ccccc3)cc21. The van der Waals surface area contributed by atoms with E-state index in [1.807, 2.05) is 48.5 Å². The lowest BCUT2D eigenvalue weighted by Gasteiger charge is -2.21. The second-order valence-corrected chi connectivity index (χ2v) is 6.72. The van der Waals surface area contributed by atoms with Gasteiger partial charge in [-0.1, -0.05) is 30.3 Å². The summed E-state index contributed by atoms with van der Waals surface area (Å²) in [6.45, 7) is 0.675. The molecule has 2 aromatic carbocycles. The van der Waals surface area contributed by atoms with Crippen LogP contribution in [0.25, 0.3) is 11.0 Å². The Morgan fingerprint density at radius 1 is 1.07 bits per heavy atom. The van der Waals surface area contributed by atoms with Gasteiger partial charge in [0.1, 0.15) is 6.04 Å². The van der Waals surface area contributed by atoms with Gasteiger partial charge in [-0.15, -0.1) is 0 Å².